The highest BCUT2D eigenvalue weighted by molar-refractivity contribution is 9.10. The Hall–Kier alpha value is -1.11. The van der Waals surface area contributed by atoms with Crippen LogP contribution in [0.25, 0.3) is 5.76 Å². The summed E-state index contributed by atoms with van der Waals surface area (Å²) in [6, 6.07) is 9.43. The first-order chi connectivity index (χ1) is 8.41. The van der Waals surface area contributed by atoms with Crippen molar-refractivity contribution in [1.29, 1.82) is 0 Å². The lowest BCUT2D eigenvalue weighted by atomic mass is 10.4. The number of rotatable bonds is 3. The third-order valence-corrected chi connectivity index (χ3v) is 6.18. The van der Waals surface area contributed by atoms with Crippen molar-refractivity contribution in [2.75, 3.05) is 0 Å². The molecular formula is C12H9BrO3S2. The van der Waals surface area contributed by atoms with Gasteiger partial charge in [-0.2, -0.15) is 0 Å². The third kappa shape index (κ3) is 2.50. The fourth-order valence-electron chi connectivity index (χ4n) is 1.35. The highest BCUT2D eigenvalue weighted by Crippen LogP contribution is 2.30. The van der Waals surface area contributed by atoms with Crippen LogP contribution in [0.5, 0.6) is 0 Å². The van der Waals surface area contributed by atoms with Crippen LogP contribution >= 0.6 is 27.3 Å². The minimum Gasteiger partial charge on any atom is -0.507 e. The van der Waals surface area contributed by atoms with Gasteiger partial charge in [-0.3, -0.25) is 0 Å². The van der Waals surface area contributed by atoms with Crippen molar-refractivity contribution >= 4 is 42.9 Å². The lowest BCUT2D eigenvalue weighted by molar-refractivity contribution is 0.516. The normalized spacial score (nSPS) is 11.4. The number of halogens is 1. The number of sulfone groups is 1. The first kappa shape index (κ1) is 13.3. The van der Waals surface area contributed by atoms with Gasteiger partial charge >= 0.3 is 0 Å². The molecule has 3 nitrogen and oxygen atoms in total. The van der Waals surface area contributed by atoms with E-state index in [-0.39, 0.29) is 14.9 Å². The van der Waals surface area contributed by atoms with Gasteiger partial charge in [-0.1, -0.05) is 22.5 Å². The molecule has 1 aromatic heterocycles. The average Bonchev–Trinajstić information content (AvgIpc) is 2.79. The van der Waals surface area contributed by atoms with E-state index in [1.807, 2.05) is 0 Å². The molecule has 0 aliphatic carbocycles. The van der Waals surface area contributed by atoms with Gasteiger partial charge < -0.3 is 5.11 Å². The molecule has 0 saturated carbocycles. The highest BCUT2D eigenvalue weighted by Gasteiger charge is 2.20. The molecule has 0 bridgehead atoms. The molecule has 2 rings (SSSR count). The van der Waals surface area contributed by atoms with Gasteiger partial charge in [0.05, 0.1) is 9.77 Å². The van der Waals surface area contributed by atoms with Gasteiger partial charge in [0.2, 0.25) is 9.84 Å². The Balaban J connectivity index is 2.47. The number of aliphatic hydroxyl groups excluding tert-OH is 1. The van der Waals surface area contributed by atoms with Crippen molar-refractivity contribution in [1.82, 2.24) is 0 Å². The Morgan fingerprint density at radius 3 is 2.28 bits per heavy atom. The summed E-state index contributed by atoms with van der Waals surface area (Å²) in [5.74, 6) is -0.128. The van der Waals surface area contributed by atoms with Gasteiger partial charge in [-0.05, 0) is 36.4 Å². The molecule has 0 aliphatic rings. The summed E-state index contributed by atoms with van der Waals surface area (Å²) >= 11 is 4.25. The Morgan fingerprint density at radius 2 is 1.78 bits per heavy atom. The van der Waals surface area contributed by atoms with Crippen LogP contribution in [0.3, 0.4) is 0 Å². The van der Waals surface area contributed by atoms with Gasteiger partial charge in [0.1, 0.15) is 9.97 Å². The molecule has 0 aliphatic heterocycles. The van der Waals surface area contributed by atoms with E-state index in [2.05, 4.69) is 22.5 Å². The first-order valence-electron chi connectivity index (χ1n) is 4.90. The molecular weight excluding hydrogens is 336 g/mol. The second-order valence-electron chi connectivity index (χ2n) is 3.52. The maximum Gasteiger partial charge on any atom is 0.215 e. The molecule has 0 atom stereocenters. The van der Waals surface area contributed by atoms with Crippen molar-refractivity contribution in [2.45, 2.75) is 9.10 Å². The molecule has 18 heavy (non-hydrogen) atoms. The lowest BCUT2D eigenvalue weighted by Crippen LogP contribution is -1.98. The smallest absolute Gasteiger partial charge is 0.215 e. The van der Waals surface area contributed by atoms with Gasteiger partial charge in [-0.15, -0.1) is 11.3 Å². The Morgan fingerprint density at radius 1 is 1.17 bits per heavy atom. The second kappa shape index (κ2) is 4.87. The standard InChI is InChI=1S/C12H9BrO3S2/c1-8(14)11-6-7-12(17-11)18(15,16)10-4-2-9(13)3-5-10/h2-7,14H,1H2. The van der Waals surface area contributed by atoms with Gasteiger partial charge in [-0.25, -0.2) is 8.42 Å². The van der Waals surface area contributed by atoms with E-state index in [9.17, 15) is 13.5 Å². The zero-order valence-corrected chi connectivity index (χ0v) is 12.3. The summed E-state index contributed by atoms with van der Waals surface area (Å²) in [5.41, 5.74) is 0. The predicted molar refractivity (Wildman–Crippen MR) is 75.6 cm³/mol. The van der Waals surface area contributed by atoms with Crippen LogP contribution in [0.2, 0.25) is 0 Å². The monoisotopic (exact) mass is 344 g/mol. The van der Waals surface area contributed by atoms with Crippen molar-refractivity contribution in [3.63, 3.8) is 0 Å². The molecule has 0 saturated heterocycles. The minimum atomic E-state index is -3.52. The molecule has 0 amide bonds. The number of thiophene rings is 1. The van der Waals surface area contributed by atoms with E-state index in [4.69, 9.17) is 0 Å². The molecule has 1 N–H and O–H groups in total. The van der Waals surface area contributed by atoms with Crippen molar-refractivity contribution in [3.8, 4) is 0 Å². The minimum absolute atomic E-state index is 0.128. The summed E-state index contributed by atoms with van der Waals surface area (Å²) in [6.45, 7) is 3.37. The summed E-state index contributed by atoms with van der Waals surface area (Å²) in [6.07, 6.45) is 0. The molecule has 2 aromatic rings. The topological polar surface area (TPSA) is 54.4 Å². The van der Waals surface area contributed by atoms with Crippen molar-refractivity contribution < 1.29 is 13.5 Å². The van der Waals surface area contributed by atoms with Crippen LogP contribution in [0.15, 0.2) is 56.6 Å². The molecule has 0 unspecified atom stereocenters. The van der Waals surface area contributed by atoms with E-state index in [1.54, 1.807) is 18.2 Å². The van der Waals surface area contributed by atoms with Crippen molar-refractivity contribution in [3.05, 3.63) is 52.3 Å². The van der Waals surface area contributed by atoms with Crippen LogP contribution in [0.4, 0.5) is 0 Å². The molecule has 1 heterocycles. The van der Waals surface area contributed by atoms with Crippen molar-refractivity contribution in [2.24, 2.45) is 0 Å². The lowest BCUT2D eigenvalue weighted by Gasteiger charge is -2.01. The average molecular weight is 345 g/mol. The molecule has 6 heteroatoms. The van der Waals surface area contributed by atoms with Crippen LogP contribution in [-0.4, -0.2) is 13.5 Å². The Labute approximate surface area is 117 Å². The largest absolute Gasteiger partial charge is 0.507 e. The Bertz CT molecular complexity index is 684. The number of benzene rings is 1. The number of hydrogen-bond donors (Lipinski definition) is 1. The fourth-order valence-corrected chi connectivity index (χ4v) is 4.19. The van der Waals surface area contributed by atoms with E-state index < -0.39 is 9.84 Å². The summed E-state index contributed by atoms with van der Waals surface area (Å²) in [4.78, 5) is 0.674. The Kier molecular flexibility index (Phi) is 3.61. The summed E-state index contributed by atoms with van der Waals surface area (Å²) in [5, 5.41) is 9.22. The second-order valence-corrected chi connectivity index (χ2v) is 7.70. The maximum atomic E-state index is 12.3. The molecule has 1 aromatic carbocycles. The first-order valence-corrected chi connectivity index (χ1v) is 7.99. The predicted octanol–water partition coefficient (Wildman–Crippen LogP) is 3.87. The van der Waals surface area contributed by atoms with Crippen LogP contribution in [0, 0.1) is 0 Å². The van der Waals surface area contributed by atoms with E-state index in [0.717, 1.165) is 15.8 Å². The highest BCUT2D eigenvalue weighted by atomic mass is 79.9. The molecule has 0 fully saturated rings. The third-order valence-electron chi connectivity index (χ3n) is 2.25. The van der Waals surface area contributed by atoms with Gasteiger partial charge in [0.15, 0.2) is 0 Å². The summed E-state index contributed by atoms with van der Waals surface area (Å²) in [7, 11) is -3.52. The van der Waals surface area contributed by atoms with Crippen LogP contribution in [0.1, 0.15) is 4.88 Å². The number of hydrogen-bond acceptors (Lipinski definition) is 4. The van der Waals surface area contributed by atoms with E-state index in [0.29, 0.717) is 4.88 Å². The van der Waals surface area contributed by atoms with E-state index in [1.165, 1.54) is 18.2 Å². The number of aliphatic hydroxyl groups is 1. The van der Waals surface area contributed by atoms with E-state index >= 15 is 0 Å². The van der Waals surface area contributed by atoms with Gasteiger partial charge in [0, 0.05) is 4.47 Å². The van der Waals surface area contributed by atoms with Gasteiger partial charge in [0.25, 0.3) is 0 Å². The molecule has 0 spiro atoms. The van der Waals surface area contributed by atoms with Crippen LogP contribution < -0.4 is 0 Å². The molecule has 94 valence electrons. The fraction of sp³-hybridized carbons (Fsp3) is 0. The van der Waals surface area contributed by atoms with Crippen LogP contribution in [-0.2, 0) is 9.84 Å². The molecule has 0 radical (unpaired) electrons. The maximum absolute atomic E-state index is 12.3. The zero-order valence-electron chi connectivity index (χ0n) is 9.13. The zero-order chi connectivity index (χ0) is 13.3. The summed E-state index contributed by atoms with van der Waals surface area (Å²) < 4.78 is 25.5. The quantitative estimate of drug-likeness (QED) is 0.859. The SMILES string of the molecule is C=C(O)c1ccc(S(=O)(=O)c2ccc(Br)cc2)s1.